The topological polar surface area (TPSA) is 37.3 Å². The molecular weight excluding hydrogens is 220 g/mol. The third-order valence-corrected chi connectivity index (χ3v) is 3.16. The molecule has 2 nitrogen and oxygen atoms in total. The number of carbonyl (C=O) groups is 1. The highest BCUT2D eigenvalue weighted by Gasteiger charge is 2.17. The van der Waals surface area contributed by atoms with Crippen molar-refractivity contribution in [2.75, 3.05) is 6.26 Å². The Morgan fingerprint density at radius 2 is 1.88 bits per heavy atom. The summed E-state index contributed by atoms with van der Waals surface area (Å²) >= 11 is 1.14. The van der Waals surface area contributed by atoms with Crippen molar-refractivity contribution in [3.63, 3.8) is 0 Å². The monoisotopic (exact) mass is 232 g/mol. The highest BCUT2D eigenvalue weighted by molar-refractivity contribution is 7.99. The molecule has 0 heterocycles. The number of fused-ring (bicyclic) bond motifs is 1. The van der Waals surface area contributed by atoms with Gasteiger partial charge in [0.15, 0.2) is 5.44 Å². The quantitative estimate of drug-likeness (QED) is 0.653. The molecule has 16 heavy (non-hydrogen) atoms. The SMILES string of the molecule is CSC(O)C(=O)c1cccc2ccccc12. The second kappa shape index (κ2) is 4.68. The Kier molecular flexibility index (Phi) is 3.27. The number of hydrogen-bond donors (Lipinski definition) is 1. The third-order valence-electron chi connectivity index (χ3n) is 2.50. The molecule has 3 heteroatoms. The number of rotatable bonds is 3. The summed E-state index contributed by atoms with van der Waals surface area (Å²) in [5.41, 5.74) is -0.397. The molecule has 0 spiro atoms. The van der Waals surface area contributed by atoms with Gasteiger partial charge in [-0.25, -0.2) is 0 Å². The Morgan fingerprint density at radius 3 is 2.62 bits per heavy atom. The summed E-state index contributed by atoms with van der Waals surface area (Å²) in [4.78, 5) is 11.9. The molecule has 0 saturated heterocycles. The van der Waals surface area contributed by atoms with Crippen molar-refractivity contribution >= 4 is 28.3 Å². The van der Waals surface area contributed by atoms with Gasteiger partial charge in [-0.1, -0.05) is 42.5 Å². The largest absolute Gasteiger partial charge is 0.374 e. The third kappa shape index (κ3) is 1.96. The van der Waals surface area contributed by atoms with Crippen LogP contribution in [0.3, 0.4) is 0 Å². The van der Waals surface area contributed by atoms with E-state index in [1.165, 1.54) is 0 Å². The Bertz CT molecular complexity index is 517. The summed E-state index contributed by atoms with van der Waals surface area (Å²) in [5.74, 6) is -0.232. The zero-order chi connectivity index (χ0) is 11.5. The molecule has 2 aromatic carbocycles. The predicted molar refractivity (Wildman–Crippen MR) is 67.8 cm³/mol. The van der Waals surface area contributed by atoms with Crippen molar-refractivity contribution in [2.24, 2.45) is 0 Å². The number of Topliss-reactive ketones (excluding diaryl/α,β-unsaturated/α-hetero) is 1. The van der Waals surface area contributed by atoms with Gasteiger partial charge in [-0.15, -0.1) is 11.8 Å². The number of aliphatic hydroxyl groups excluding tert-OH is 1. The molecule has 2 aromatic rings. The second-order valence-electron chi connectivity index (χ2n) is 3.48. The summed E-state index contributed by atoms with van der Waals surface area (Å²) in [6, 6.07) is 13.2. The number of ketones is 1. The molecule has 0 bridgehead atoms. The Morgan fingerprint density at radius 1 is 1.19 bits per heavy atom. The molecule has 0 aromatic heterocycles. The minimum atomic E-state index is -0.981. The molecule has 1 N–H and O–H groups in total. The zero-order valence-electron chi connectivity index (χ0n) is 8.88. The van der Waals surface area contributed by atoms with Crippen LogP contribution in [0.2, 0.25) is 0 Å². The summed E-state index contributed by atoms with van der Waals surface area (Å²) in [5, 5.41) is 11.5. The van der Waals surface area contributed by atoms with Crippen LogP contribution < -0.4 is 0 Å². The van der Waals surface area contributed by atoms with Crippen molar-refractivity contribution in [1.82, 2.24) is 0 Å². The lowest BCUT2D eigenvalue weighted by molar-refractivity contribution is 0.0870. The molecule has 0 fully saturated rings. The van der Waals surface area contributed by atoms with E-state index in [2.05, 4.69) is 0 Å². The molecule has 0 aliphatic heterocycles. The average molecular weight is 232 g/mol. The van der Waals surface area contributed by atoms with E-state index < -0.39 is 5.44 Å². The van der Waals surface area contributed by atoms with Crippen LogP contribution in [0.15, 0.2) is 42.5 Å². The van der Waals surface area contributed by atoms with Gasteiger partial charge in [0.25, 0.3) is 0 Å². The molecule has 0 aliphatic rings. The molecule has 0 amide bonds. The van der Waals surface area contributed by atoms with Gasteiger partial charge < -0.3 is 5.11 Å². The Hall–Kier alpha value is -1.32. The lowest BCUT2D eigenvalue weighted by atomic mass is 10.0. The van der Waals surface area contributed by atoms with E-state index in [1.54, 1.807) is 12.3 Å². The molecule has 1 unspecified atom stereocenters. The van der Waals surface area contributed by atoms with Gasteiger partial charge in [0.2, 0.25) is 5.78 Å². The first-order valence-corrected chi connectivity index (χ1v) is 6.25. The number of thioether (sulfide) groups is 1. The number of benzene rings is 2. The van der Waals surface area contributed by atoms with Gasteiger partial charge in [-0.2, -0.15) is 0 Å². The predicted octanol–water partition coefficient (Wildman–Crippen LogP) is 2.70. The van der Waals surface area contributed by atoms with Crippen LogP contribution in [0.4, 0.5) is 0 Å². The van der Waals surface area contributed by atoms with Crippen molar-refractivity contribution in [2.45, 2.75) is 5.44 Å². The van der Waals surface area contributed by atoms with E-state index >= 15 is 0 Å². The number of carbonyl (C=O) groups excluding carboxylic acids is 1. The second-order valence-corrected chi connectivity index (χ2v) is 4.40. The van der Waals surface area contributed by atoms with E-state index in [9.17, 15) is 9.90 Å². The highest BCUT2D eigenvalue weighted by Crippen LogP contribution is 2.21. The fourth-order valence-electron chi connectivity index (χ4n) is 1.68. The minimum absolute atomic E-state index is 0.232. The molecular formula is C13H12O2S. The minimum Gasteiger partial charge on any atom is -0.374 e. The summed E-state index contributed by atoms with van der Waals surface area (Å²) < 4.78 is 0. The van der Waals surface area contributed by atoms with Crippen LogP contribution >= 0.6 is 11.8 Å². The average Bonchev–Trinajstić information content (AvgIpc) is 2.36. The number of aliphatic hydroxyl groups is 1. The maximum absolute atomic E-state index is 11.9. The summed E-state index contributed by atoms with van der Waals surface area (Å²) in [6.45, 7) is 0. The van der Waals surface area contributed by atoms with Crippen LogP contribution in [0.25, 0.3) is 10.8 Å². The molecule has 2 rings (SSSR count). The lowest BCUT2D eigenvalue weighted by Crippen LogP contribution is -2.16. The fourth-order valence-corrected chi connectivity index (χ4v) is 2.02. The summed E-state index contributed by atoms with van der Waals surface area (Å²) in [7, 11) is 0. The molecule has 1 atom stereocenters. The first-order valence-electron chi connectivity index (χ1n) is 4.97. The molecule has 0 aliphatic carbocycles. The maximum atomic E-state index is 11.9. The van der Waals surface area contributed by atoms with Crippen LogP contribution in [-0.2, 0) is 0 Å². The fraction of sp³-hybridized carbons (Fsp3) is 0.154. The lowest BCUT2D eigenvalue weighted by Gasteiger charge is -2.08. The van der Waals surface area contributed by atoms with Crippen molar-refractivity contribution in [1.29, 1.82) is 0 Å². The zero-order valence-corrected chi connectivity index (χ0v) is 9.70. The van der Waals surface area contributed by atoms with Gasteiger partial charge in [0.1, 0.15) is 0 Å². The highest BCUT2D eigenvalue weighted by atomic mass is 32.2. The normalized spacial score (nSPS) is 12.6. The van der Waals surface area contributed by atoms with Gasteiger partial charge >= 0.3 is 0 Å². The van der Waals surface area contributed by atoms with Crippen LogP contribution in [0.1, 0.15) is 10.4 Å². The van der Waals surface area contributed by atoms with E-state index in [0.717, 1.165) is 22.5 Å². The van der Waals surface area contributed by atoms with E-state index in [0.29, 0.717) is 5.56 Å². The standard InChI is InChI=1S/C13H12O2S/c1-16-13(15)12(14)11-8-4-6-9-5-2-3-7-10(9)11/h2-8,13,15H,1H3. The molecule has 0 radical (unpaired) electrons. The first kappa shape index (κ1) is 11.2. The Balaban J connectivity index is 2.56. The van der Waals surface area contributed by atoms with E-state index in [-0.39, 0.29) is 5.78 Å². The van der Waals surface area contributed by atoms with Gasteiger partial charge in [-0.3, -0.25) is 4.79 Å². The van der Waals surface area contributed by atoms with Gasteiger partial charge in [0, 0.05) is 5.56 Å². The van der Waals surface area contributed by atoms with E-state index in [4.69, 9.17) is 0 Å². The molecule has 0 saturated carbocycles. The Labute approximate surface area is 98.3 Å². The van der Waals surface area contributed by atoms with Crippen LogP contribution in [-0.4, -0.2) is 22.6 Å². The van der Waals surface area contributed by atoms with Crippen LogP contribution in [0.5, 0.6) is 0 Å². The smallest absolute Gasteiger partial charge is 0.202 e. The van der Waals surface area contributed by atoms with Crippen molar-refractivity contribution < 1.29 is 9.90 Å². The summed E-state index contributed by atoms with van der Waals surface area (Å²) in [6.07, 6.45) is 1.72. The van der Waals surface area contributed by atoms with Crippen LogP contribution in [0, 0.1) is 0 Å². The van der Waals surface area contributed by atoms with Crippen molar-refractivity contribution in [3.8, 4) is 0 Å². The maximum Gasteiger partial charge on any atom is 0.202 e. The molecule has 82 valence electrons. The van der Waals surface area contributed by atoms with E-state index in [1.807, 2.05) is 36.4 Å². The van der Waals surface area contributed by atoms with Gasteiger partial charge in [0.05, 0.1) is 0 Å². The van der Waals surface area contributed by atoms with Gasteiger partial charge in [-0.05, 0) is 17.0 Å². The number of hydrogen-bond acceptors (Lipinski definition) is 3. The first-order chi connectivity index (χ1) is 7.74. The van der Waals surface area contributed by atoms with Crippen molar-refractivity contribution in [3.05, 3.63) is 48.0 Å².